The van der Waals surface area contributed by atoms with E-state index in [2.05, 4.69) is 16.4 Å². The quantitative estimate of drug-likeness (QED) is 0.246. The second kappa shape index (κ2) is 11.9. The van der Waals surface area contributed by atoms with Crippen LogP contribution in [0, 0.1) is 17.1 Å². The predicted octanol–water partition coefficient (Wildman–Crippen LogP) is 6.99. The molecule has 37 heavy (non-hydrogen) atoms. The van der Waals surface area contributed by atoms with Crippen LogP contribution in [0.4, 0.5) is 10.2 Å². The van der Waals surface area contributed by atoms with Crippen molar-refractivity contribution in [3.63, 3.8) is 0 Å². The van der Waals surface area contributed by atoms with Crippen molar-refractivity contribution >= 4 is 35.1 Å². The van der Waals surface area contributed by atoms with Crippen molar-refractivity contribution in [1.82, 2.24) is 9.97 Å². The standard InChI is InChI=1S/C28H22ClFN4O2S/c1-3-25(27(35)34-26-12-9-19(29)16-32-26)37-28-23(15-31)22(18-5-4-6-20(30)13-18)14-24(33-28)17-7-10-21(36-2)11-8-17/h4-14,16,25H,3H2,1-2H3,(H,32,34,35). The first-order valence-corrected chi connectivity index (χ1v) is 12.6. The molecule has 1 N–H and O–H groups in total. The molecule has 2 heterocycles. The van der Waals surface area contributed by atoms with Gasteiger partial charge in [0, 0.05) is 17.3 Å². The van der Waals surface area contributed by atoms with Crippen LogP contribution in [0.15, 0.2) is 78.0 Å². The van der Waals surface area contributed by atoms with Crippen LogP contribution in [0.2, 0.25) is 5.02 Å². The molecule has 0 aliphatic rings. The number of anilines is 1. The number of nitriles is 1. The Balaban J connectivity index is 1.77. The van der Waals surface area contributed by atoms with E-state index in [9.17, 15) is 14.4 Å². The van der Waals surface area contributed by atoms with Crippen LogP contribution in [0.1, 0.15) is 18.9 Å². The number of carbonyl (C=O) groups is 1. The van der Waals surface area contributed by atoms with Crippen LogP contribution < -0.4 is 10.1 Å². The Morgan fingerprint density at radius 2 is 1.95 bits per heavy atom. The first-order valence-electron chi connectivity index (χ1n) is 11.4. The van der Waals surface area contributed by atoms with Gasteiger partial charge in [-0.15, -0.1) is 0 Å². The van der Waals surface area contributed by atoms with Gasteiger partial charge in [-0.2, -0.15) is 5.26 Å². The molecule has 1 atom stereocenters. The molecule has 4 rings (SSSR count). The predicted molar refractivity (Wildman–Crippen MR) is 144 cm³/mol. The first kappa shape index (κ1) is 26.1. The third-order valence-electron chi connectivity index (χ3n) is 5.52. The van der Waals surface area contributed by atoms with E-state index in [4.69, 9.17) is 21.3 Å². The van der Waals surface area contributed by atoms with Gasteiger partial charge < -0.3 is 10.1 Å². The highest BCUT2D eigenvalue weighted by atomic mass is 35.5. The molecule has 0 saturated carbocycles. The summed E-state index contributed by atoms with van der Waals surface area (Å²) >= 11 is 7.07. The average molecular weight is 533 g/mol. The van der Waals surface area contributed by atoms with Gasteiger partial charge in [-0.1, -0.05) is 42.4 Å². The Morgan fingerprint density at radius 3 is 2.57 bits per heavy atom. The number of hydrogen-bond acceptors (Lipinski definition) is 6. The van der Waals surface area contributed by atoms with Gasteiger partial charge in [-0.3, -0.25) is 4.79 Å². The number of aromatic nitrogens is 2. The van der Waals surface area contributed by atoms with E-state index in [0.29, 0.717) is 44.9 Å². The third kappa shape index (κ3) is 6.26. The molecule has 2 aromatic carbocycles. The molecule has 0 bridgehead atoms. The monoisotopic (exact) mass is 532 g/mol. The number of nitrogens with zero attached hydrogens (tertiary/aromatic N) is 3. The molecule has 2 aromatic heterocycles. The van der Waals surface area contributed by atoms with Gasteiger partial charge in [0.25, 0.3) is 0 Å². The maximum Gasteiger partial charge on any atom is 0.239 e. The smallest absolute Gasteiger partial charge is 0.239 e. The number of pyridine rings is 2. The number of rotatable bonds is 8. The minimum atomic E-state index is -0.566. The molecule has 4 aromatic rings. The summed E-state index contributed by atoms with van der Waals surface area (Å²) in [5, 5.41) is 13.2. The summed E-state index contributed by atoms with van der Waals surface area (Å²) in [4.78, 5) is 22.0. The SMILES string of the molecule is CCC(Sc1nc(-c2ccc(OC)cc2)cc(-c2cccc(F)c2)c1C#N)C(=O)Nc1ccc(Cl)cn1. The summed E-state index contributed by atoms with van der Waals surface area (Å²) in [5.41, 5.74) is 2.70. The van der Waals surface area contributed by atoms with Gasteiger partial charge in [0.15, 0.2) is 0 Å². The topological polar surface area (TPSA) is 87.9 Å². The van der Waals surface area contributed by atoms with E-state index >= 15 is 0 Å². The van der Waals surface area contributed by atoms with Crippen molar-refractivity contribution in [1.29, 1.82) is 5.26 Å². The van der Waals surface area contributed by atoms with Gasteiger partial charge in [0.1, 0.15) is 28.5 Å². The van der Waals surface area contributed by atoms with Crippen molar-refractivity contribution in [2.45, 2.75) is 23.6 Å². The fourth-order valence-electron chi connectivity index (χ4n) is 3.62. The normalized spacial score (nSPS) is 11.4. The van der Waals surface area contributed by atoms with Crippen molar-refractivity contribution in [2.75, 3.05) is 12.4 Å². The molecule has 0 radical (unpaired) electrons. The Bertz CT molecular complexity index is 1460. The third-order valence-corrected chi connectivity index (χ3v) is 7.09. The molecule has 0 spiro atoms. The Kier molecular flexibility index (Phi) is 8.39. The molecule has 6 nitrogen and oxygen atoms in total. The number of benzene rings is 2. The summed E-state index contributed by atoms with van der Waals surface area (Å²) in [6, 6.07) is 20.6. The molecule has 0 fully saturated rings. The highest BCUT2D eigenvalue weighted by Crippen LogP contribution is 2.37. The zero-order valence-corrected chi connectivity index (χ0v) is 21.6. The van der Waals surface area contributed by atoms with Gasteiger partial charge in [-0.25, -0.2) is 14.4 Å². The number of nitrogens with one attached hydrogen (secondary N) is 1. The molecule has 1 amide bonds. The number of hydrogen-bond donors (Lipinski definition) is 1. The zero-order chi connectivity index (χ0) is 26.4. The molecule has 0 aliphatic heterocycles. The maximum atomic E-state index is 14.1. The van der Waals surface area contributed by atoms with Crippen LogP contribution >= 0.6 is 23.4 Å². The van der Waals surface area contributed by atoms with Crippen LogP contribution in [-0.2, 0) is 4.79 Å². The minimum absolute atomic E-state index is 0.267. The van der Waals surface area contributed by atoms with E-state index in [1.54, 1.807) is 37.4 Å². The molecule has 0 saturated heterocycles. The lowest BCUT2D eigenvalue weighted by Crippen LogP contribution is -2.25. The van der Waals surface area contributed by atoms with E-state index in [0.717, 1.165) is 5.56 Å². The van der Waals surface area contributed by atoms with Gasteiger partial charge in [0.2, 0.25) is 5.91 Å². The maximum absolute atomic E-state index is 14.1. The number of amides is 1. The molecular weight excluding hydrogens is 511 g/mol. The van der Waals surface area contributed by atoms with Crippen LogP contribution in [-0.4, -0.2) is 28.2 Å². The fourth-order valence-corrected chi connectivity index (χ4v) is 4.76. The highest BCUT2D eigenvalue weighted by molar-refractivity contribution is 8.00. The number of methoxy groups -OCH3 is 1. The number of thioether (sulfide) groups is 1. The minimum Gasteiger partial charge on any atom is -0.497 e. The molecule has 9 heteroatoms. The lowest BCUT2D eigenvalue weighted by Gasteiger charge is -2.17. The van der Waals surface area contributed by atoms with E-state index in [-0.39, 0.29) is 11.5 Å². The molecule has 1 unspecified atom stereocenters. The summed E-state index contributed by atoms with van der Waals surface area (Å²) in [6.07, 6.45) is 1.92. The lowest BCUT2D eigenvalue weighted by molar-refractivity contribution is -0.115. The van der Waals surface area contributed by atoms with Crippen LogP contribution in [0.3, 0.4) is 0 Å². The fraction of sp³-hybridized carbons (Fsp3) is 0.143. The largest absolute Gasteiger partial charge is 0.497 e. The Hall–Kier alpha value is -3.93. The van der Waals surface area contributed by atoms with E-state index < -0.39 is 11.1 Å². The second-order valence-electron chi connectivity index (χ2n) is 7.95. The van der Waals surface area contributed by atoms with Crippen LogP contribution in [0.25, 0.3) is 22.4 Å². The molecule has 0 aliphatic carbocycles. The molecular formula is C28H22ClFN4O2S. The Morgan fingerprint density at radius 1 is 1.16 bits per heavy atom. The van der Waals surface area contributed by atoms with Crippen molar-refractivity contribution in [3.05, 3.63) is 89.3 Å². The number of ether oxygens (including phenoxy) is 1. The number of halogens is 2. The average Bonchev–Trinajstić information content (AvgIpc) is 2.92. The summed E-state index contributed by atoms with van der Waals surface area (Å²) in [6.45, 7) is 1.87. The van der Waals surface area contributed by atoms with E-state index in [1.165, 1.54) is 30.1 Å². The van der Waals surface area contributed by atoms with Crippen molar-refractivity contribution in [3.8, 4) is 34.2 Å². The van der Waals surface area contributed by atoms with Crippen LogP contribution in [0.5, 0.6) is 5.75 Å². The summed E-state index contributed by atoms with van der Waals surface area (Å²) < 4.78 is 19.4. The lowest BCUT2D eigenvalue weighted by atomic mass is 9.99. The summed E-state index contributed by atoms with van der Waals surface area (Å²) in [7, 11) is 1.58. The Labute approximate surface area is 223 Å². The number of carbonyl (C=O) groups excluding carboxylic acids is 1. The second-order valence-corrected chi connectivity index (χ2v) is 9.58. The van der Waals surface area contributed by atoms with Crippen molar-refractivity contribution < 1.29 is 13.9 Å². The first-order chi connectivity index (χ1) is 17.9. The zero-order valence-electron chi connectivity index (χ0n) is 20.0. The van der Waals surface area contributed by atoms with Gasteiger partial charge in [-0.05, 0) is 66.6 Å². The van der Waals surface area contributed by atoms with E-state index in [1.807, 2.05) is 31.2 Å². The van der Waals surface area contributed by atoms with Gasteiger partial charge >= 0.3 is 0 Å². The van der Waals surface area contributed by atoms with Crippen molar-refractivity contribution in [2.24, 2.45) is 0 Å². The van der Waals surface area contributed by atoms with Gasteiger partial charge in [0.05, 0.1) is 28.6 Å². The highest BCUT2D eigenvalue weighted by Gasteiger charge is 2.24. The molecule has 186 valence electrons. The summed E-state index contributed by atoms with van der Waals surface area (Å²) in [5.74, 6) is 0.361.